The number of ether oxygens (including phenoxy) is 1. The summed E-state index contributed by atoms with van der Waals surface area (Å²) < 4.78 is 10.6. The molecule has 1 fully saturated rings. The highest BCUT2D eigenvalue weighted by Gasteiger charge is 2.25. The SMILES string of the molecule is CCc1ccc(C(=O)Nc2ccc(OC)cc2C(=O)NC2CC2)o1. The van der Waals surface area contributed by atoms with Crippen LogP contribution in [-0.2, 0) is 6.42 Å². The highest BCUT2D eigenvalue weighted by atomic mass is 16.5. The second-order valence-electron chi connectivity index (χ2n) is 5.73. The van der Waals surface area contributed by atoms with Crippen molar-refractivity contribution in [2.75, 3.05) is 12.4 Å². The average Bonchev–Trinajstić information content (AvgIpc) is 3.27. The molecule has 0 atom stereocenters. The van der Waals surface area contributed by atoms with Crippen molar-refractivity contribution >= 4 is 17.5 Å². The maximum absolute atomic E-state index is 12.4. The van der Waals surface area contributed by atoms with Crippen LogP contribution in [0.4, 0.5) is 5.69 Å². The Kier molecular flexibility index (Phi) is 4.55. The third-order valence-corrected chi connectivity index (χ3v) is 3.87. The van der Waals surface area contributed by atoms with Crippen LogP contribution in [0, 0.1) is 0 Å². The minimum Gasteiger partial charge on any atom is -0.497 e. The number of nitrogens with one attached hydrogen (secondary N) is 2. The smallest absolute Gasteiger partial charge is 0.291 e. The van der Waals surface area contributed by atoms with Crippen LogP contribution in [0.15, 0.2) is 34.7 Å². The zero-order valence-electron chi connectivity index (χ0n) is 13.7. The summed E-state index contributed by atoms with van der Waals surface area (Å²) in [6, 6.07) is 8.59. The Bertz CT molecular complexity index is 762. The molecule has 1 heterocycles. The fourth-order valence-electron chi connectivity index (χ4n) is 2.31. The molecule has 6 heteroatoms. The van der Waals surface area contributed by atoms with Crippen molar-refractivity contribution in [2.45, 2.75) is 32.2 Å². The molecule has 0 saturated heterocycles. The lowest BCUT2D eigenvalue weighted by Crippen LogP contribution is -2.27. The number of rotatable bonds is 6. The largest absolute Gasteiger partial charge is 0.497 e. The number of benzene rings is 1. The summed E-state index contributed by atoms with van der Waals surface area (Å²) in [5.41, 5.74) is 0.797. The molecule has 1 aromatic heterocycles. The molecule has 1 aliphatic carbocycles. The van der Waals surface area contributed by atoms with Crippen LogP contribution in [0.2, 0.25) is 0 Å². The van der Waals surface area contributed by atoms with E-state index < -0.39 is 0 Å². The summed E-state index contributed by atoms with van der Waals surface area (Å²) in [4.78, 5) is 24.8. The lowest BCUT2D eigenvalue weighted by molar-refractivity contribution is 0.0951. The van der Waals surface area contributed by atoms with E-state index in [1.54, 1.807) is 30.3 Å². The van der Waals surface area contributed by atoms with Gasteiger partial charge < -0.3 is 19.8 Å². The molecule has 0 unspecified atom stereocenters. The maximum Gasteiger partial charge on any atom is 0.291 e. The van der Waals surface area contributed by atoms with Crippen molar-refractivity contribution in [2.24, 2.45) is 0 Å². The van der Waals surface area contributed by atoms with Crippen LogP contribution in [0.1, 0.15) is 46.4 Å². The van der Waals surface area contributed by atoms with Crippen molar-refractivity contribution in [3.8, 4) is 5.75 Å². The van der Waals surface area contributed by atoms with Gasteiger partial charge in [0.15, 0.2) is 5.76 Å². The molecule has 2 aromatic rings. The second kappa shape index (κ2) is 6.78. The van der Waals surface area contributed by atoms with Gasteiger partial charge in [0, 0.05) is 12.5 Å². The molecule has 1 saturated carbocycles. The molecule has 126 valence electrons. The van der Waals surface area contributed by atoms with Crippen molar-refractivity contribution in [3.05, 3.63) is 47.4 Å². The first-order chi connectivity index (χ1) is 11.6. The van der Waals surface area contributed by atoms with Crippen molar-refractivity contribution in [1.82, 2.24) is 5.32 Å². The molecule has 2 N–H and O–H groups in total. The molecule has 1 aliphatic rings. The Morgan fingerprint density at radius 1 is 1.21 bits per heavy atom. The first kappa shape index (κ1) is 16.1. The highest BCUT2D eigenvalue weighted by molar-refractivity contribution is 6.08. The molecule has 0 spiro atoms. The molecule has 6 nitrogen and oxygen atoms in total. The number of anilines is 1. The van der Waals surface area contributed by atoms with E-state index in [-0.39, 0.29) is 23.6 Å². The average molecular weight is 328 g/mol. The minimum absolute atomic E-state index is 0.219. The number of carbonyl (C=O) groups is 2. The van der Waals surface area contributed by atoms with Gasteiger partial charge in [0.05, 0.1) is 18.4 Å². The van der Waals surface area contributed by atoms with Gasteiger partial charge in [0.25, 0.3) is 11.8 Å². The third-order valence-electron chi connectivity index (χ3n) is 3.87. The highest BCUT2D eigenvalue weighted by Crippen LogP contribution is 2.25. The van der Waals surface area contributed by atoms with E-state index >= 15 is 0 Å². The predicted octanol–water partition coefficient (Wildman–Crippen LogP) is 3.00. The first-order valence-electron chi connectivity index (χ1n) is 7.99. The Hall–Kier alpha value is -2.76. The van der Waals surface area contributed by atoms with Crippen LogP contribution in [0.3, 0.4) is 0 Å². The zero-order valence-corrected chi connectivity index (χ0v) is 13.7. The van der Waals surface area contributed by atoms with Gasteiger partial charge in [-0.15, -0.1) is 0 Å². The van der Waals surface area contributed by atoms with Crippen LogP contribution >= 0.6 is 0 Å². The summed E-state index contributed by atoms with van der Waals surface area (Å²) in [6.07, 6.45) is 2.69. The van der Waals surface area contributed by atoms with Crippen molar-refractivity contribution in [3.63, 3.8) is 0 Å². The second-order valence-corrected chi connectivity index (χ2v) is 5.73. The van der Waals surface area contributed by atoms with E-state index in [0.29, 0.717) is 23.4 Å². The van der Waals surface area contributed by atoms with Gasteiger partial charge in [0.1, 0.15) is 11.5 Å². The van der Waals surface area contributed by atoms with Crippen LogP contribution in [0.5, 0.6) is 5.75 Å². The Labute approximate surface area is 140 Å². The van der Waals surface area contributed by atoms with E-state index in [9.17, 15) is 9.59 Å². The van der Waals surface area contributed by atoms with Gasteiger partial charge in [-0.3, -0.25) is 9.59 Å². The van der Waals surface area contributed by atoms with Crippen molar-refractivity contribution in [1.29, 1.82) is 0 Å². The number of hydrogen-bond acceptors (Lipinski definition) is 4. The Morgan fingerprint density at radius 2 is 2.00 bits per heavy atom. The molecule has 24 heavy (non-hydrogen) atoms. The van der Waals surface area contributed by atoms with Crippen LogP contribution in [-0.4, -0.2) is 25.0 Å². The summed E-state index contributed by atoms with van der Waals surface area (Å²) >= 11 is 0. The number of furan rings is 1. The molecule has 2 amide bonds. The normalized spacial score (nSPS) is 13.4. The van der Waals surface area contributed by atoms with Gasteiger partial charge in [-0.25, -0.2) is 0 Å². The number of aryl methyl sites for hydroxylation is 1. The minimum atomic E-state index is -0.389. The van der Waals surface area contributed by atoms with E-state index in [1.165, 1.54) is 7.11 Å². The zero-order chi connectivity index (χ0) is 17.1. The first-order valence-corrected chi connectivity index (χ1v) is 7.99. The van der Waals surface area contributed by atoms with E-state index in [2.05, 4.69) is 10.6 Å². The lowest BCUT2D eigenvalue weighted by Gasteiger charge is -2.12. The number of methoxy groups -OCH3 is 1. The fourth-order valence-corrected chi connectivity index (χ4v) is 2.31. The summed E-state index contributed by atoms with van der Waals surface area (Å²) in [6.45, 7) is 1.95. The molecule has 0 bridgehead atoms. The van der Waals surface area contributed by atoms with E-state index in [1.807, 2.05) is 6.92 Å². The quantitative estimate of drug-likeness (QED) is 0.854. The third kappa shape index (κ3) is 3.59. The molecular formula is C18H20N2O4. The lowest BCUT2D eigenvalue weighted by atomic mass is 10.1. The fraction of sp³-hybridized carbons (Fsp3) is 0.333. The van der Waals surface area contributed by atoms with Crippen LogP contribution < -0.4 is 15.4 Å². The topological polar surface area (TPSA) is 80.6 Å². The molecule has 1 aromatic carbocycles. The monoisotopic (exact) mass is 328 g/mol. The number of amides is 2. The number of hydrogen-bond donors (Lipinski definition) is 2. The van der Waals surface area contributed by atoms with Gasteiger partial charge in [-0.05, 0) is 43.2 Å². The Morgan fingerprint density at radius 3 is 2.62 bits per heavy atom. The molecule has 3 rings (SSSR count). The van der Waals surface area contributed by atoms with Crippen molar-refractivity contribution < 1.29 is 18.7 Å². The summed E-state index contributed by atoms with van der Waals surface area (Å²) in [5.74, 6) is 0.902. The maximum atomic E-state index is 12.4. The molecule has 0 radical (unpaired) electrons. The van der Waals surface area contributed by atoms with E-state index in [0.717, 1.165) is 18.6 Å². The summed E-state index contributed by atoms with van der Waals surface area (Å²) in [7, 11) is 1.53. The molecular weight excluding hydrogens is 308 g/mol. The van der Waals surface area contributed by atoms with Gasteiger partial charge >= 0.3 is 0 Å². The number of carbonyl (C=O) groups excluding carboxylic acids is 2. The summed E-state index contributed by atoms with van der Waals surface area (Å²) in [5, 5.41) is 5.66. The van der Waals surface area contributed by atoms with Gasteiger partial charge in [-0.2, -0.15) is 0 Å². The Balaban J connectivity index is 1.82. The van der Waals surface area contributed by atoms with Crippen LogP contribution in [0.25, 0.3) is 0 Å². The van der Waals surface area contributed by atoms with Gasteiger partial charge in [-0.1, -0.05) is 6.92 Å². The van der Waals surface area contributed by atoms with Gasteiger partial charge in [0.2, 0.25) is 0 Å². The van der Waals surface area contributed by atoms with E-state index in [4.69, 9.17) is 9.15 Å². The molecule has 0 aliphatic heterocycles. The standard InChI is InChI=1S/C18H20N2O4/c1-3-12-7-9-16(24-12)18(22)20-15-8-6-13(23-2)10-14(15)17(21)19-11-4-5-11/h6-11H,3-5H2,1-2H3,(H,19,21)(H,20,22). The predicted molar refractivity (Wildman–Crippen MR) is 89.5 cm³/mol.